The van der Waals surface area contributed by atoms with Crippen LogP contribution in [0.4, 0.5) is 0 Å². The third kappa shape index (κ3) is 3.59. The van der Waals surface area contributed by atoms with Gasteiger partial charge in [0.1, 0.15) is 5.75 Å². The van der Waals surface area contributed by atoms with Gasteiger partial charge in [0, 0.05) is 15.1 Å². The zero-order valence-electron chi connectivity index (χ0n) is 9.40. The Balaban J connectivity index is 2.00. The fraction of sp³-hybridized carbons (Fsp3) is 0.0714. The van der Waals surface area contributed by atoms with E-state index in [9.17, 15) is 4.79 Å². The standard InChI is InChI=1S/C14H10BrClO2/c15-11-4-2-6-13(8-11)18-9-14(17)10-3-1-5-12(16)7-10/h1-8H,9H2. The fourth-order valence-corrected chi connectivity index (χ4v) is 2.02. The second-order valence-electron chi connectivity index (χ2n) is 3.68. The molecule has 0 aliphatic carbocycles. The highest BCUT2D eigenvalue weighted by Crippen LogP contribution is 2.18. The maximum Gasteiger partial charge on any atom is 0.200 e. The van der Waals surface area contributed by atoms with Gasteiger partial charge in [-0.15, -0.1) is 0 Å². The van der Waals surface area contributed by atoms with E-state index in [2.05, 4.69) is 15.9 Å². The molecule has 0 fully saturated rings. The number of Topliss-reactive ketones (excluding diaryl/α,β-unsaturated/α-hetero) is 1. The smallest absolute Gasteiger partial charge is 0.200 e. The molecule has 18 heavy (non-hydrogen) atoms. The molecule has 2 rings (SSSR count). The van der Waals surface area contributed by atoms with Gasteiger partial charge in [0.05, 0.1) is 0 Å². The van der Waals surface area contributed by atoms with Crippen molar-refractivity contribution in [3.63, 3.8) is 0 Å². The molecular formula is C14H10BrClO2. The summed E-state index contributed by atoms with van der Waals surface area (Å²) in [4.78, 5) is 11.9. The number of benzene rings is 2. The largest absolute Gasteiger partial charge is 0.485 e. The van der Waals surface area contributed by atoms with Gasteiger partial charge >= 0.3 is 0 Å². The molecule has 0 atom stereocenters. The second-order valence-corrected chi connectivity index (χ2v) is 5.03. The van der Waals surface area contributed by atoms with Crippen LogP contribution in [0.5, 0.6) is 5.75 Å². The Morgan fingerprint density at radius 1 is 1.17 bits per heavy atom. The summed E-state index contributed by atoms with van der Waals surface area (Å²) >= 11 is 9.17. The minimum absolute atomic E-state index is 0.00318. The average Bonchev–Trinajstić information content (AvgIpc) is 2.36. The van der Waals surface area contributed by atoms with E-state index in [1.54, 1.807) is 30.3 Å². The van der Waals surface area contributed by atoms with Crippen molar-refractivity contribution < 1.29 is 9.53 Å². The van der Waals surface area contributed by atoms with Crippen LogP contribution in [0.25, 0.3) is 0 Å². The monoisotopic (exact) mass is 324 g/mol. The maximum atomic E-state index is 11.9. The summed E-state index contributed by atoms with van der Waals surface area (Å²) in [5, 5.41) is 0.545. The Bertz CT molecular complexity index is 569. The highest BCUT2D eigenvalue weighted by molar-refractivity contribution is 9.10. The van der Waals surface area contributed by atoms with Crippen molar-refractivity contribution in [1.29, 1.82) is 0 Å². The molecule has 0 bridgehead atoms. The molecule has 2 nitrogen and oxygen atoms in total. The summed E-state index contributed by atoms with van der Waals surface area (Å²) in [7, 11) is 0. The van der Waals surface area contributed by atoms with Crippen LogP contribution >= 0.6 is 27.5 Å². The van der Waals surface area contributed by atoms with Crippen LogP contribution < -0.4 is 4.74 Å². The topological polar surface area (TPSA) is 26.3 Å². The van der Waals surface area contributed by atoms with Gasteiger partial charge in [0.2, 0.25) is 0 Å². The zero-order chi connectivity index (χ0) is 13.0. The van der Waals surface area contributed by atoms with Crippen molar-refractivity contribution in [2.75, 3.05) is 6.61 Å². The van der Waals surface area contributed by atoms with Gasteiger partial charge < -0.3 is 4.74 Å². The summed E-state index contributed by atoms with van der Waals surface area (Å²) in [5.41, 5.74) is 0.553. The molecule has 0 aliphatic rings. The van der Waals surface area contributed by atoms with E-state index in [-0.39, 0.29) is 12.4 Å². The summed E-state index contributed by atoms with van der Waals surface area (Å²) in [5.74, 6) is 0.553. The van der Waals surface area contributed by atoms with E-state index < -0.39 is 0 Å². The minimum Gasteiger partial charge on any atom is -0.485 e. The Labute approximate surface area is 119 Å². The molecule has 0 aromatic heterocycles. The van der Waals surface area contributed by atoms with Gasteiger partial charge in [0.25, 0.3) is 0 Å². The summed E-state index contributed by atoms with van der Waals surface area (Å²) in [6, 6.07) is 14.2. The van der Waals surface area contributed by atoms with Gasteiger partial charge in [-0.25, -0.2) is 0 Å². The summed E-state index contributed by atoms with van der Waals surface area (Å²) < 4.78 is 6.33. The highest BCUT2D eigenvalue weighted by Gasteiger charge is 2.07. The lowest BCUT2D eigenvalue weighted by molar-refractivity contribution is 0.0921. The number of ketones is 1. The first-order valence-corrected chi connectivity index (χ1v) is 6.49. The molecule has 0 heterocycles. The van der Waals surface area contributed by atoms with Gasteiger partial charge in [-0.1, -0.05) is 45.7 Å². The van der Waals surface area contributed by atoms with Crippen molar-refractivity contribution >= 4 is 33.3 Å². The van der Waals surface area contributed by atoms with Crippen LogP contribution in [0, 0.1) is 0 Å². The van der Waals surface area contributed by atoms with Crippen molar-refractivity contribution in [2.45, 2.75) is 0 Å². The zero-order valence-corrected chi connectivity index (χ0v) is 11.7. The lowest BCUT2D eigenvalue weighted by atomic mass is 10.1. The number of hydrogen-bond donors (Lipinski definition) is 0. The van der Waals surface area contributed by atoms with Crippen molar-refractivity contribution in [3.8, 4) is 5.75 Å². The Hall–Kier alpha value is -1.32. The van der Waals surface area contributed by atoms with Crippen LogP contribution in [-0.2, 0) is 0 Å². The van der Waals surface area contributed by atoms with E-state index >= 15 is 0 Å². The molecule has 0 amide bonds. The van der Waals surface area contributed by atoms with Gasteiger partial charge in [0.15, 0.2) is 12.4 Å². The quantitative estimate of drug-likeness (QED) is 0.781. The normalized spacial score (nSPS) is 10.1. The van der Waals surface area contributed by atoms with Gasteiger partial charge in [-0.2, -0.15) is 0 Å². The van der Waals surface area contributed by atoms with Gasteiger partial charge in [-0.3, -0.25) is 4.79 Å². The Morgan fingerprint density at radius 3 is 2.67 bits per heavy atom. The third-order valence-electron chi connectivity index (χ3n) is 2.31. The lowest BCUT2D eigenvalue weighted by Crippen LogP contribution is -2.11. The molecular weight excluding hydrogens is 316 g/mol. The van der Waals surface area contributed by atoms with Crippen molar-refractivity contribution in [3.05, 3.63) is 63.6 Å². The van der Waals surface area contributed by atoms with Crippen LogP contribution in [0.2, 0.25) is 5.02 Å². The SMILES string of the molecule is O=C(COc1cccc(Br)c1)c1cccc(Cl)c1. The number of rotatable bonds is 4. The van der Waals surface area contributed by atoms with Crippen molar-refractivity contribution in [1.82, 2.24) is 0 Å². The third-order valence-corrected chi connectivity index (χ3v) is 3.04. The van der Waals surface area contributed by atoms with E-state index in [0.29, 0.717) is 16.3 Å². The van der Waals surface area contributed by atoms with Crippen molar-refractivity contribution in [2.24, 2.45) is 0 Å². The maximum absolute atomic E-state index is 11.9. The molecule has 0 saturated carbocycles. The highest BCUT2D eigenvalue weighted by atomic mass is 79.9. The summed E-state index contributed by atoms with van der Waals surface area (Å²) in [6.07, 6.45) is 0. The molecule has 0 radical (unpaired) electrons. The van der Waals surface area contributed by atoms with Crippen LogP contribution in [0.1, 0.15) is 10.4 Å². The lowest BCUT2D eigenvalue weighted by Gasteiger charge is -2.06. The predicted octanol–water partition coefficient (Wildman–Crippen LogP) is 4.36. The first kappa shape index (κ1) is 13.1. The van der Waals surface area contributed by atoms with Crippen LogP contribution in [0.15, 0.2) is 53.0 Å². The van der Waals surface area contributed by atoms with E-state index in [1.165, 1.54) is 0 Å². The van der Waals surface area contributed by atoms with Crippen LogP contribution in [0.3, 0.4) is 0 Å². The predicted molar refractivity (Wildman–Crippen MR) is 75.4 cm³/mol. The first-order chi connectivity index (χ1) is 8.65. The average molecular weight is 326 g/mol. The molecule has 0 unspecified atom stereocenters. The van der Waals surface area contributed by atoms with E-state index in [1.807, 2.05) is 18.2 Å². The van der Waals surface area contributed by atoms with E-state index in [4.69, 9.17) is 16.3 Å². The number of hydrogen-bond acceptors (Lipinski definition) is 2. The minimum atomic E-state index is -0.0996. The van der Waals surface area contributed by atoms with E-state index in [0.717, 1.165) is 4.47 Å². The molecule has 4 heteroatoms. The second kappa shape index (κ2) is 6.03. The summed E-state index contributed by atoms with van der Waals surface area (Å²) in [6.45, 7) is -0.00318. The molecule has 92 valence electrons. The number of halogens is 2. The van der Waals surface area contributed by atoms with Gasteiger partial charge in [-0.05, 0) is 30.3 Å². The molecule has 0 N–H and O–H groups in total. The molecule has 2 aromatic carbocycles. The Kier molecular flexibility index (Phi) is 4.39. The molecule has 0 spiro atoms. The molecule has 2 aromatic rings. The number of ether oxygens (including phenoxy) is 1. The van der Waals surface area contributed by atoms with Crippen LogP contribution in [-0.4, -0.2) is 12.4 Å². The number of carbonyl (C=O) groups excluding carboxylic acids is 1. The molecule has 0 aliphatic heterocycles. The Morgan fingerprint density at radius 2 is 1.94 bits per heavy atom. The first-order valence-electron chi connectivity index (χ1n) is 5.32. The number of carbonyl (C=O) groups is 1. The fourth-order valence-electron chi connectivity index (χ4n) is 1.45. The molecule has 0 saturated heterocycles.